The summed E-state index contributed by atoms with van der Waals surface area (Å²) in [6.45, 7) is 0. The van der Waals surface area contributed by atoms with Crippen LogP contribution in [0.4, 0.5) is 0 Å². The number of hydrazine groups is 1. The maximum atomic E-state index is 10.7. The molecule has 11 heavy (non-hydrogen) atoms. The molecule has 0 saturated carbocycles. The average molecular weight is 225 g/mol. The minimum atomic E-state index is -0.381. The van der Waals surface area contributed by atoms with Gasteiger partial charge in [-0.1, -0.05) is 18.0 Å². The summed E-state index contributed by atoms with van der Waals surface area (Å²) in [7, 11) is 0. The molecule has 3 N–H and O–H groups in total. The first-order valence-corrected chi connectivity index (χ1v) is 2.67. The Morgan fingerprint density at radius 1 is 1.73 bits per heavy atom. The Balaban J connectivity index is 0.000001000. The van der Waals surface area contributed by atoms with Crippen LogP contribution in [0.5, 0.6) is 0 Å². The number of nitrogens with zero attached hydrogens (tertiary/aromatic N) is 1. The number of amides is 1. The fourth-order valence-electron chi connectivity index (χ4n) is 0.527. The van der Waals surface area contributed by atoms with E-state index in [1.165, 1.54) is 12.4 Å². The Labute approximate surface area is 89.4 Å². The number of nitrogens with one attached hydrogen (secondary N) is 1. The topological polar surface area (TPSA) is 68.0 Å². The number of hydrogen-bond acceptors (Lipinski definition) is 3. The second kappa shape index (κ2) is 5.35. The molecule has 1 radical (unpaired) electrons. The molecule has 0 aliphatic heterocycles. The van der Waals surface area contributed by atoms with Crippen molar-refractivity contribution in [2.75, 3.05) is 0 Å². The zero-order chi connectivity index (χ0) is 7.40. The average Bonchev–Trinajstić information content (AvgIpc) is 2.05. The fourth-order valence-corrected chi connectivity index (χ4v) is 0.527. The van der Waals surface area contributed by atoms with Gasteiger partial charge in [-0.15, -0.1) is 12.1 Å². The van der Waals surface area contributed by atoms with Gasteiger partial charge in [0.15, 0.2) is 5.91 Å². The molecule has 1 aromatic rings. The van der Waals surface area contributed by atoms with Crippen molar-refractivity contribution in [2.24, 2.45) is 5.84 Å². The molecule has 0 saturated heterocycles. The van der Waals surface area contributed by atoms with Gasteiger partial charge >= 0.3 is 0 Å². The summed E-state index contributed by atoms with van der Waals surface area (Å²) < 4.78 is 0. The fraction of sp³-hybridized carbons (Fsp3) is 0. The van der Waals surface area contributed by atoms with E-state index in [0.29, 0.717) is 5.56 Å². The minimum absolute atomic E-state index is 0. The van der Waals surface area contributed by atoms with Gasteiger partial charge in [0.25, 0.3) is 0 Å². The predicted molar refractivity (Wildman–Crippen MR) is 34.7 cm³/mol. The Kier molecular flexibility index (Phi) is 5.20. The second-order valence-electron chi connectivity index (χ2n) is 1.63. The van der Waals surface area contributed by atoms with Gasteiger partial charge in [0.1, 0.15) is 0 Å². The van der Waals surface area contributed by atoms with Crippen LogP contribution in [0.15, 0.2) is 18.5 Å². The van der Waals surface area contributed by atoms with Gasteiger partial charge in [0.2, 0.25) is 0 Å². The minimum Gasteiger partial charge on any atom is -0.360 e. The second-order valence-corrected chi connectivity index (χ2v) is 1.63. The smallest absolute Gasteiger partial charge is 0.180 e. The number of carbonyl (C=O) groups is 1. The zero-order valence-corrected chi connectivity index (χ0v) is 8.58. The first-order chi connectivity index (χ1) is 4.84. The van der Waals surface area contributed by atoms with Gasteiger partial charge in [-0.2, -0.15) is 0 Å². The van der Waals surface area contributed by atoms with E-state index in [2.05, 4.69) is 11.1 Å². The van der Waals surface area contributed by atoms with Crippen LogP contribution in [0.1, 0.15) is 10.4 Å². The van der Waals surface area contributed by atoms with Crippen molar-refractivity contribution in [2.45, 2.75) is 0 Å². The van der Waals surface area contributed by atoms with E-state index in [-0.39, 0.29) is 38.6 Å². The van der Waals surface area contributed by atoms with E-state index < -0.39 is 0 Å². The SMILES string of the molecule is NNC(=O)c1[c-]ccnc1.[Y]. The maximum absolute atomic E-state index is 10.7. The van der Waals surface area contributed by atoms with Gasteiger partial charge in [0, 0.05) is 32.7 Å². The number of nitrogens with two attached hydrogens (primary N) is 1. The van der Waals surface area contributed by atoms with Crippen molar-refractivity contribution in [3.05, 3.63) is 30.1 Å². The van der Waals surface area contributed by atoms with Crippen LogP contribution in [0.25, 0.3) is 0 Å². The molecule has 1 aromatic heterocycles. The molecule has 1 rings (SSSR count). The molecule has 0 spiro atoms. The molecule has 0 fully saturated rings. The van der Waals surface area contributed by atoms with Gasteiger partial charge in [0.05, 0.1) is 0 Å². The van der Waals surface area contributed by atoms with Crippen molar-refractivity contribution in [3.63, 3.8) is 0 Å². The first-order valence-electron chi connectivity index (χ1n) is 2.67. The van der Waals surface area contributed by atoms with E-state index >= 15 is 0 Å². The number of rotatable bonds is 1. The number of hydrogen-bond donors (Lipinski definition) is 2. The number of nitrogen functional groups attached to an aromatic ring is 1. The van der Waals surface area contributed by atoms with Gasteiger partial charge in [-0.05, 0) is 0 Å². The van der Waals surface area contributed by atoms with Crippen molar-refractivity contribution in [3.8, 4) is 0 Å². The quantitative estimate of drug-likeness (QED) is 0.292. The van der Waals surface area contributed by atoms with E-state index in [1.807, 2.05) is 5.43 Å². The maximum Gasteiger partial charge on any atom is 0.180 e. The first kappa shape index (κ1) is 10.7. The van der Waals surface area contributed by atoms with Crippen LogP contribution in [-0.4, -0.2) is 10.9 Å². The van der Waals surface area contributed by atoms with Crippen LogP contribution in [0.2, 0.25) is 0 Å². The summed E-state index contributed by atoms with van der Waals surface area (Å²) in [5.41, 5.74) is 2.31. The third-order valence-electron chi connectivity index (χ3n) is 0.979. The summed E-state index contributed by atoms with van der Waals surface area (Å²) in [5, 5.41) is 0. The molecule has 0 bridgehead atoms. The summed E-state index contributed by atoms with van der Waals surface area (Å²) in [6.07, 6.45) is 2.93. The Hall–Kier alpha value is -0.316. The molecule has 55 valence electrons. The zero-order valence-electron chi connectivity index (χ0n) is 5.74. The Morgan fingerprint density at radius 2 is 2.45 bits per heavy atom. The molecule has 4 nitrogen and oxygen atoms in total. The van der Waals surface area contributed by atoms with Crippen molar-refractivity contribution < 1.29 is 37.5 Å². The number of carbonyl (C=O) groups excluding carboxylic acids is 1. The van der Waals surface area contributed by atoms with Gasteiger partial charge in [-0.3, -0.25) is 5.84 Å². The van der Waals surface area contributed by atoms with E-state index in [1.54, 1.807) is 6.07 Å². The predicted octanol–water partition coefficient (Wildman–Crippen LogP) is -0.517. The van der Waals surface area contributed by atoms with Crippen LogP contribution in [0, 0.1) is 6.07 Å². The summed E-state index contributed by atoms with van der Waals surface area (Å²) in [4.78, 5) is 14.4. The molecular weight excluding hydrogens is 219 g/mol. The largest absolute Gasteiger partial charge is 0.360 e. The summed E-state index contributed by atoms with van der Waals surface area (Å²) in [5.74, 6) is 4.48. The van der Waals surface area contributed by atoms with Crippen molar-refractivity contribution >= 4 is 5.91 Å². The van der Waals surface area contributed by atoms with Gasteiger partial charge in [-0.25, -0.2) is 0 Å². The molecule has 0 aliphatic carbocycles. The van der Waals surface area contributed by atoms with E-state index in [9.17, 15) is 4.79 Å². The molecule has 1 amide bonds. The van der Waals surface area contributed by atoms with Crippen LogP contribution < -0.4 is 11.3 Å². The summed E-state index contributed by atoms with van der Waals surface area (Å²) in [6, 6.07) is 4.21. The third-order valence-corrected chi connectivity index (χ3v) is 0.979. The summed E-state index contributed by atoms with van der Waals surface area (Å²) >= 11 is 0. The van der Waals surface area contributed by atoms with Crippen molar-refractivity contribution in [1.82, 2.24) is 10.4 Å². The Bertz CT molecular complexity index is 227. The van der Waals surface area contributed by atoms with E-state index in [0.717, 1.165) is 0 Å². The molecule has 0 unspecified atom stereocenters. The van der Waals surface area contributed by atoms with Crippen LogP contribution in [0.3, 0.4) is 0 Å². The molecule has 5 heteroatoms. The normalized spacial score (nSPS) is 8.09. The Morgan fingerprint density at radius 3 is 2.91 bits per heavy atom. The number of aromatic nitrogens is 1. The van der Waals surface area contributed by atoms with Gasteiger partial charge < -0.3 is 15.2 Å². The van der Waals surface area contributed by atoms with Crippen LogP contribution >= 0.6 is 0 Å². The van der Waals surface area contributed by atoms with E-state index in [4.69, 9.17) is 5.84 Å². The van der Waals surface area contributed by atoms with Crippen molar-refractivity contribution in [1.29, 1.82) is 0 Å². The molecule has 1 heterocycles. The third kappa shape index (κ3) is 3.05. The molecule has 0 aromatic carbocycles. The molecule has 0 atom stereocenters. The standard InChI is InChI=1S/C6H6N3O.Y/c7-9-6(10)5-2-1-3-8-4-5;/h1,3-4H,7H2,(H,9,10);/q-1;. The molecular formula is C6H6N3OY-. The monoisotopic (exact) mass is 225 g/mol. The number of pyridine rings is 1. The molecule has 0 aliphatic rings. The van der Waals surface area contributed by atoms with Crippen LogP contribution in [-0.2, 0) is 32.7 Å².